The number of aromatic nitrogens is 2. The lowest BCUT2D eigenvalue weighted by atomic mass is 9.93. The van der Waals surface area contributed by atoms with Crippen LogP contribution >= 0.6 is 11.5 Å². The Bertz CT molecular complexity index is 354. The van der Waals surface area contributed by atoms with Crippen LogP contribution < -0.4 is 4.90 Å². The standard InChI is InChI=1S/C9H13N3O2S/c1-2-9(7(13)14)4-3-5-12(9)8-10-6-11-15-8/h6H,2-5H2,1H3,(H,13,14). The average Bonchev–Trinajstić information content (AvgIpc) is 2.86. The second-order valence-corrected chi connectivity index (χ2v) is 4.43. The van der Waals surface area contributed by atoms with Gasteiger partial charge in [-0.25, -0.2) is 9.78 Å². The van der Waals surface area contributed by atoms with Crippen molar-refractivity contribution in [3.63, 3.8) is 0 Å². The van der Waals surface area contributed by atoms with Gasteiger partial charge in [0, 0.05) is 18.1 Å². The number of hydrogen-bond acceptors (Lipinski definition) is 5. The Kier molecular flexibility index (Phi) is 2.60. The summed E-state index contributed by atoms with van der Waals surface area (Å²) in [5.74, 6) is -0.752. The van der Waals surface area contributed by atoms with E-state index in [2.05, 4.69) is 9.36 Å². The Hall–Kier alpha value is -1.17. The van der Waals surface area contributed by atoms with Crippen molar-refractivity contribution < 1.29 is 9.90 Å². The highest BCUT2D eigenvalue weighted by Gasteiger charge is 2.47. The highest BCUT2D eigenvalue weighted by molar-refractivity contribution is 7.09. The smallest absolute Gasteiger partial charge is 0.329 e. The summed E-state index contributed by atoms with van der Waals surface area (Å²) in [6, 6.07) is 0. The molecule has 1 aromatic rings. The van der Waals surface area contributed by atoms with E-state index in [-0.39, 0.29) is 0 Å². The van der Waals surface area contributed by atoms with Crippen molar-refractivity contribution >= 4 is 22.6 Å². The quantitative estimate of drug-likeness (QED) is 0.844. The molecular formula is C9H13N3O2S. The third-order valence-electron chi connectivity index (χ3n) is 3.05. The second-order valence-electron chi connectivity index (χ2n) is 3.67. The van der Waals surface area contributed by atoms with Gasteiger partial charge in [-0.3, -0.25) is 0 Å². The Morgan fingerprint density at radius 1 is 1.80 bits per heavy atom. The Labute approximate surface area is 91.9 Å². The number of rotatable bonds is 3. The summed E-state index contributed by atoms with van der Waals surface area (Å²) in [6.07, 6.45) is 3.67. The molecule has 1 unspecified atom stereocenters. The number of carboxylic acid groups (broad SMARTS) is 1. The van der Waals surface area contributed by atoms with Crippen LogP contribution in [0.2, 0.25) is 0 Å². The van der Waals surface area contributed by atoms with Crippen LogP contribution in [0.3, 0.4) is 0 Å². The molecule has 0 saturated carbocycles. The third-order valence-corrected chi connectivity index (χ3v) is 3.74. The van der Waals surface area contributed by atoms with E-state index in [0.717, 1.165) is 18.1 Å². The number of carbonyl (C=O) groups is 1. The van der Waals surface area contributed by atoms with Crippen LogP contribution in [0.15, 0.2) is 6.33 Å². The van der Waals surface area contributed by atoms with Gasteiger partial charge in [0.05, 0.1) is 0 Å². The van der Waals surface area contributed by atoms with Gasteiger partial charge in [-0.15, -0.1) is 0 Å². The molecule has 0 spiro atoms. The van der Waals surface area contributed by atoms with Crippen LogP contribution in [0.4, 0.5) is 5.13 Å². The number of carboxylic acids is 1. The Balaban J connectivity index is 2.35. The maximum Gasteiger partial charge on any atom is 0.329 e. The van der Waals surface area contributed by atoms with E-state index >= 15 is 0 Å². The van der Waals surface area contributed by atoms with Gasteiger partial charge in [-0.05, 0) is 19.3 Å². The van der Waals surface area contributed by atoms with Crippen molar-refractivity contribution in [3.05, 3.63) is 6.33 Å². The zero-order valence-electron chi connectivity index (χ0n) is 8.51. The van der Waals surface area contributed by atoms with Crippen LogP contribution in [0, 0.1) is 0 Å². The molecule has 1 N–H and O–H groups in total. The average molecular weight is 227 g/mol. The van der Waals surface area contributed by atoms with Crippen molar-refractivity contribution in [2.45, 2.75) is 31.7 Å². The fourth-order valence-electron chi connectivity index (χ4n) is 2.18. The molecule has 0 radical (unpaired) electrons. The molecule has 1 atom stereocenters. The topological polar surface area (TPSA) is 66.3 Å². The lowest BCUT2D eigenvalue weighted by Gasteiger charge is -2.33. The summed E-state index contributed by atoms with van der Waals surface area (Å²) >= 11 is 1.26. The molecule has 1 saturated heterocycles. The van der Waals surface area contributed by atoms with Crippen LogP contribution in [0.5, 0.6) is 0 Å². The normalized spacial score (nSPS) is 25.8. The lowest BCUT2D eigenvalue weighted by molar-refractivity contribution is -0.143. The summed E-state index contributed by atoms with van der Waals surface area (Å²) in [5.41, 5.74) is -0.764. The van der Waals surface area contributed by atoms with Crippen molar-refractivity contribution in [2.75, 3.05) is 11.4 Å². The predicted molar refractivity (Wildman–Crippen MR) is 57.1 cm³/mol. The van der Waals surface area contributed by atoms with Crippen LogP contribution in [0.1, 0.15) is 26.2 Å². The molecule has 2 heterocycles. The van der Waals surface area contributed by atoms with Crippen LogP contribution in [-0.2, 0) is 4.79 Å². The predicted octanol–water partition coefficient (Wildman–Crippen LogP) is 1.37. The van der Waals surface area contributed by atoms with Gasteiger partial charge < -0.3 is 10.0 Å². The second kappa shape index (κ2) is 3.77. The zero-order chi connectivity index (χ0) is 10.9. The monoisotopic (exact) mass is 227 g/mol. The van der Waals surface area contributed by atoms with Crippen molar-refractivity contribution in [1.82, 2.24) is 9.36 Å². The van der Waals surface area contributed by atoms with Gasteiger partial charge >= 0.3 is 5.97 Å². The van der Waals surface area contributed by atoms with Crippen LogP contribution in [-0.4, -0.2) is 32.5 Å². The molecule has 5 nitrogen and oxygen atoms in total. The minimum absolute atomic E-state index is 0.599. The zero-order valence-corrected chi connectivity index (χ0v) is 9.33. The van der Waals surface area contributed by atoms with E-state index in [1.807, 2.05) is 11.8 Å². The van der Waals surface area contributed by atoms with E-state index in [1.165, 1.54) is 17.9 Å². The molecule has 6 heteroatoms. The van der Waals surface area contributed by atoms with Gasteiger partial charge in [0.15, 0.2) is 0 Å². The van der Waals surface area contributed by atoms with Gasteiger partial charge in [-0.1, -0.05) is 6.92 Å². The van der Waals surface area contributed by atoms with Gasteiger partial charge in [0.1, 0.15) is 11.9 Å². The number of anilines is 1. The molecule has 2 rings (SSSR count). The molecule has 0 aromatic carbocycles. The molecule has 82 valence electrons. The minimum atomic E-state index is -0.764. The van der Waals surface area contributed by atoms with E-state index in [9.17, 15) is 9.90 Å². The largest absolute Gasteiger partial charge is 0.479 e. The summed E-state index contributed by atoms with van der Waals surface area (Å²) in [6.45, 7) is 2.67. The first-order chi connectivity index (χ1) is 7.20. The molecule has 0 aliphatic carbocycles. The van der Waals surface area contributed by atoms with Crippen molar-refractivity contribution in [3.8, 4) is 0 Å². The highest BCUT2D eigenvalue weighted by Crippen LogP contribution is 2.37. The fraction of sp³-hybridized carbons (Fsp3) is 0.667. The molecule has 1 fully saturated rings. The Morgan fingerprint density at radius 2 is 2.60 bits per heavy atom. The van der Waals surface area contributed by atoms with Gasteiger partial charge in [0.25, 0.3) is 0 Å². The van der Waals surface area contributed by atoms with E-state index in [4.69, 9.17) is 0 Å². The maximum absolute atomic E-state index is 11.4. The third kappa shape index (κ3) is 1.49. The highest BCUT2D eigenvalue weighted by atomic mass is 32.1. The van der Waals surface area contributed by atoms with E-state index in [0.29, 0.717) is 12.8 Å². The summed E-state index contributed by atoms with van der Waals surface area (Å²) < 4.78 is 3.92. The molecule has 1 aliphatic heterocycles. The van der Waals surface area contributed by atoms with Crippen molar-refractivity contribution in [1.29, 1.82) is 0 Å². The molecule has 1 aliphatic rings. The summed E-state index contributed by atoms with van der Waals surface area (Å²) in [5, 5.41) is 10.1. The Morgan fingerprint density at radius 3 is 3.13 bits per heavy atom. The first-order valence-electron chi connectivity index (χ1n) is 4.98. The van der Waals surface area contributed by atoms with E-state index < -0.39 is 11.5 Å². The molecule has 0 amide bonds. The molecule has 15 heavy (non-hydrogen) atoms. The molecular weight excluding hydrogens is 214 g/mol. The van der Waals surface area contributed by atoms with E-state index in [1.54, 1.807) is 0 Å². The lowest BCUT2D eigenvalue weighted by Crippen LogP contribution is -2.50. The maximum atomic E-state index is 11.4. The number of hydrogen-bond donors (Lipinski definition) is 1. The molecule has 0 bridgehead atoms. The van der Waals surface area contributed by atoms with Crippen LogP contribution in [0.25, 0.3) is 0 Å². The summed E-state index contributed by atoms with van der Waals surface area (Å²) in [4.78, 5) is 17.4. The minimum Gasteiger partial charge on any atom is -0.479 e. The number of nitrogens with zero attached hydrogens (tertiary/aromatic N) is 3. The molecule has 1 aromatic heterocycles. The first kappa shape index (κ1) is 10.4. The van der Waals surface area contributed by atoms with Gasteiger partial charge in [0.2, 0.25) is 5.13 Å². The summed E-state index contributed by atoms with van der Waals surface area (Å²) in [7, 11) is 0. The fourth-order valence-corrected chi connectivity index (χ4v) is 2.83. The van der Waals surface area contributed by atoms with Crippen molar-refractivity contribution in [2.24, 2.45) is 0 Å². The first-order valence-corrected chi connectivity index (χ1v) is 5.76. The SMILES string of the molecule is CCC1(C(=O)O)CCCN1c1ncns1. The number of aliphatic carboxylic acids is 1. The van der Waals surface area contributed by atoms with Gasteiger partial charge in [-0.2, -0.15) is 4.37 Å².